The van der Waals surface area contributed by atoms with E-state index in [1.54, 1.807) is 19.2 Å². The average Bonchev–Trinajstić information content (AvgIpc) is 2.78. The van der Waals surface area contributed by atoms with Gasteiger partial charge in [0.25, 0.3) is 5.91 Å². The molecular formula is C12H12Cl2N4O. The van der Waals surface area contributed by atoms with Crippen molar-refractivity contribution >= 4 is 29.1 Å². The summed E-state index contributed by atoms with van der Waals surface area (Å²) < 4.78 is 0. The Bertz CT molecular complexity index is 597. The molecule has 5 nitrogen and oxygen atoms in total. The molecule has 0 spiro atoms. The predicted octanol–water partition coefficient (Wildman–Crippen LogP) is 2.09. The fraction of sp³-hybridized carbons (Fsp3) is 0.250. The van der Waals surface area contributed by atoms with E-state index in [0.29, 0.717) is 28.7 Å². The first kappa shape index (κ1) is 13.8. The van der Waals surface area contributed by atoms with E-state index in [9.17, 15) is 4.79 Å². The number of rotatable bonds is 4. The molecule has 0 aliphatic heterocycles. The normalized spacial score (nSPS) is 10.5. The molecule has 1 aromatic carbocycles. The number of carbonyl (C=O) groups excluding carboxylic acids is 1. The smallest absolute Gasteiger partial charge is 0.273 e. The summed E-state index contributed by atoms with van der Waals surface area (Å²) in [5.41, 5.74) is 1.23. The lowest BCUT2D eigenvalue weighted by Gasteiger charge is -2.05. The number of amides is 1. The van der Waals surface area contributed by atoms with E-state index in [-0.39, 0.29) is 5.91 Å². The summed E-state index contributed by atoms with van der Waals surface area (Å²) in [6.07, 6.45) is 2.05. The summed E-state index contributed by atoms with van der Waals surface area (Å²) in [4.78, 5) is 13.0. The summed E-state index contributed by atoms with van der Waals surface area (Å²) in [6, 6.07) is 5.30. The molecule has 0 saturated heterocycles. The van der Waals surface area contributed by atoms with Crippen LogP contribution in [0.1, 0.15) is 16.1 Å². The lowest BCUT2D eigenvalue weighted by molar-refractivity contribution is 0.0948. The largest absolute Gasteiger partial charge is 0.350 e. The lowest BCUT2D eigenvalue weighted by atomic mass is 10.1. The zero-order chi connectivity index (χ0) is 13.8. The number of aromatic nitrogens is 3. The van der Waals surface area contributed by atoms with E-state index >= 15 is 0 Å². The van der Waals surface area contributed by atoms with Crippen molar-refractivity contribution in [2.75, 3.05) is 6.54 Å². The number of halogens is 2. The number of carbonyl (C=O) groups is 1. The van der Waals surface area contributed by atoms with Crippen LogP contribution < -0.4 is 5.32 Å². The van der Waals surface area contributed by atoms with E-state index < -0.39 is 0 Å². The summed E-state index contributed by atoms with van der Waals surface area (Å²) in [7, 11) is 1.66. The predicted molar refractivity (Wildman–Crippen MR) is 73.5 cm³/mol. The van der Waals surface area contributed by atoms with Crippen LogP contribution >= 0.6 is 23.2 Å². The second-order valence-corrected chi connectivity index (χ2v) is 4.80. The Morgan fingerprint density at radius 2 is 2.21 bits per heavy atom. The lowest BCUT2D eigenvalue weighted by Crippen LogP contribution is -2.26. The third kappa shape index (κ3) is 3.68. The van der Waals surface area contributed by atoms with Crippen LogP contribution in [0, 0.1) is 0 Å². The Balaban J connectivity index is 1.88. The van der Waals surface area contributed by atoms with Crippen molar-refractivity contribution in [2.45, 2.75) is 6.42 Å². The number of benzene rings is 1. The molecule has 2 rings (SSSR count). The maximum Gasteiger partial charge on any atom is 0.273 e. The summed E-state index contributed by atoms with van der Waals surface area (Å²) >= 11 is 11.9. The molecule has 2 aromatic rings. The maximum absolute atomic E-state index is 11.7. The first-order chi connectivity index (χ1) is 9.06. The van der Waals surface area contributed by atoms with Gasteiger partial charge in [-0.3, -0.25) is 4.79 Å². The number of nitrogens with zero attached hydrogens (tertiary/aromatic N) is 3. The second kappa shape index (κ2) is 6.04. The minimum Gasteiger partial charge on any atom is -0.350 e. The molecule has 0 aliphatic carbocycles. The Hall–Kier alpha value is -1.59. The Labute approximate surface area is 120 Å². The van der Waals surface area contributed by atoms with Gasteiger partial charge >= 0.3 is 0 Å². The SMILES string of the molecule is Cn1ncc(C(=O)NCCc2ccc(Cl)cc2Cl)n1. The van der Waals surface area contributed by atoms with Gasteiger partial charge in [-0.2, -0.15) is 9.90 Å². The summed E-state index contributed by atoms with van der Waals surface area (Å²) in [6.45, 7) is 0.469. The van der Waals surface area contributed by atoms with Gasteiger partial charge in [-0.25, -0.2) is 0 Å². The molecule has 0 saturated carbocycles. The second-order valence-electron chi connectivity index (χ2n) is 3.96. The molecular weight excluding hydrogens is 287 g/mol. The standard InChI is InChI=1S/C12H12Cl2N4O/c1-18-16-7-11(17-18)12(19)15-5-4-8-2-3-9(13)6-10(8)14/h2-3,6-7H,4-5H2,1H3,(H,15,19). The molecule has 0 aliphatic rings. The third-order valence-electron chi connectivity index (χ3n) is 2.53. The summed E-state index contributed by atoms with van der Waals surface area (Å²) in [5.74, 6) is -0.252. The molecule has 0 fully saturated rings. The molecule has 1 aromatic heterocycles. The van der Waals surface area contributed by atoms with Crippen molar-refractivity contribution in [1.82, 2.24) is 20.3 Å². The Morgan fingerprint density at radius 1 is 1.42 bits per heavy atom. The number of hydrogen-bond donors (Lipinski definition) is 1. The van der Waals surface area contributed by atoms with Crippen molar-refractivity contribution in [3.8, 4) is 0 Å². The van der Waals surface area contributed by atoms with Crippen molar-refractivity contribution in [2.24, 2.45) is 7.05 Å². The van der Waals surface area contributed by atoms with Gasteiger partial charge in [-0.05, 0) is 24.1 Å². The van der Waals surface area contributed by atoms with Gasteiger partial charge in [-0.15, -0.1) is 5.10 Å². The van der Waals surface area contributed by atoms with Crippen molar-refractivity contribution < 1.29 is 4.79 Å². The minimum atomic E-state index is -0.252. The zero-order valence-corrected chi connectivity index (χ0v) is 11.7. The van der Waals surface area contributed by atoms with E-state index in [2.05, 4.69) is 15.5 Å². The van der Waals surface area contributed by atoms with Crippen LogP contribution in [0.15, 0.2) is 24.4 Å². The van der Waals surface area contributed by atoms with Crippen LogP contribution in [0.2, 0.25) is 10.0 Å². The molecule has 1 amide bonds. The summed E-state index contributed by atoms with van der Waals surface area (Å²) in [5, 5.41) is 11.7. The van der Waals surface area contributed by atoms with Gasteiger partial charge in [0.1, 0.15) is 0 Å². The fourth-order valence-corrected chi connectivity index (χ4v) is 2.08. The highest BCUT2D eigenvalue weighted by Crippen LogP contribution is 2.20. The zero-order valence-electron chi connectivity index (χ0n) is 10.2. The molecule has 100 valence electrons. The van der Waals surface area contributed by atoms with Gasteiger partial charge in [0.2, 0.25) is 0 Å². The highest BCUT2D eigenvalue weighted by Gasteiger charge is 2.09. The number of hydrogen-bond acceptors (Lipinski definition) is 3. The van der Waals surface area contributed by atoms with Crippen LogP contribution in [0.4, 0.5) is 0 Å². The highest BCUT2D eigenvalue weighted by molar-refractivity contribution is 6.35. The van der Waals surface area contributed by atoms with Crippen molar-refractivity contribution in [3.63, 3.8) is 0 Å². The van der Waals surface area contributed by atoms with Gasteiger partial charge in [0.05, 0.1) is 6.20 Å². The van der Waals surface area contributed by atoms with Gasteiger partial charge in [0.15, 0.2) is 5.69 Å². The van der Waals surface area contributed by atoms with E-state index in [1.807, 2.05) is 6.07 Å². The molecule has 0 bridgehead atoms. The molecule has 0 atom stereocenters. The van der Waals surface area contributed by atoms with Gasteiger partial charge in [0, 0.05) is 23.6 Å². The quantitative estimate of drug-likeness (QED) is 0.940. The van der Waals surface area contributed by atoms with Crippen LogP contribution in [0.25, 0.3) is 0 Å². The third-order valence-corrected chi connectivity index (χ3v) is 3.11. The van der Waals surface area contributed by atoms with Gasteiger partial charge in [-0.1, -0.05) is 29.3 Å². The van der Waals surface area contributed by atoms with Crippen LogP contribution in [0.3, 0.4) is 0 Å². The molecule has 1 heterocycles. The van der Waals surface area contributed by atoms with Gasteiger partial charge < -0.3 is 5.32 Å². The minimum absolute atomic E-state index is 0.252. The number of aryl methyl sites for hydroxylation is 1. The fourth-order valence-electron chi connectivity index (χ4n) is 1.58. The first-order valence-electron chi connectivity index (χ1n) is 5.64. The molecule has 0 radical (unpaired) electrons. The highest BCUT2D eigenvalue weighted by atomic mass is 35.5. The van der Waals surface area contributed by atoms with Crippen LogP contribution in [0.5, 0.6) is 0 Å². The maximum atomic E-state index is 11.7. The first-order valence-corrected chi connectivity index (χ1v) is 6.40. The molecule has 1 N–H and O–H groups in total. The van der Waals surface area contributed by atoms with E-state index in [4.69, 9.17) is 23.2 Å². The monoisotopic (exact) mass is 298 g/mol. The van der Waals surface area contributed by atoms with E-state index in [0.717, 1.165) is 5.56 Å². The van der Waals surface area contributed by atoms with E-state index in [1.165, 1.54) is 11.0 Å². The molecule has 7 heteroatoms. The van der Waals surface area contributed by atoms with Crippen LogP contribution in [-0.4, -0.2) is 27.4 Å². The topological polar surface area (TPSA) is 59.8 Å². The Morgan fingerprint density at radius 3 is 2.84 bits per heavy atom. The van der Waals surface area contributed by atoms with Crippen LogP contribution in [-0.2, 0) is 13.5 Å². The molecule has 19 heavy (non-hydrogen) atoms. The van der Waals surface area contributed by atoms with Crippen molar-refractivity contribution in [1.29, 1.82) is 0 Å². The molecule has 0 unspecified atom stereocenters. The Kier molecular flexibility index (Phi) is 4.39. The number of nitrogens with one attached hydrogen (secondary N) is 1. The average molecular weight is 299 g/mol. The van der Waals surface area contributed by atoms with Crippen molar-refractivity contribution in [3.05, 3.63) is 45.7 Å².